The summed E-state index contributed by atoms with van der Waals surface area (Å²) in [6, 6.07) is 28.8. The van der Waals surface area contributed by atoms with Gasteiger partial charge < -0.3 is 9.30 Å². The zero-order chi connectivity index (χ0) is 29.1. The molecule has 2 heterocycles. The van der Waals surface area contributed by atoms with Crippen molar-refractivity contribution in [1.82, 2.24) is 14.8 Å². The van der Waals surface area contributed by atoms with Gasteiger partial charge in [-0.2, -0.15) is 11.3 Å². The lowest BCUT2D eigenvalue weighted by molar-refractivity contribution is -0.142. The topological polar surface area (TPSA) is 69.5 Å². The number of ether oxygens (including phenoxy) is 1. The Morgan fingerprint density at radius 2 is 1.67 bits per heavy atom. The van der Waals surface area contributed by atoms with Gasteiger partial charge in [-0.3, -0.25) is 9.63 Å². The van der Waals surface area contributed by atoms with Crippen LogP contribution in [0.15, 0.2) is 106 Å². The maximum atomic E-state index is 11.9. The fraction of sp³-hybridized carbons (Fsp3) is 0.242. The maximum absolute atomic E-state index is 11.9. The number of hydrogen-bond acceptors (Lipinski definition) is 8. The molecule has 3 aromatic carbocycles. The molecule has 2 aromatic heterocycles. The number of esters is 1. The minimum absolute atomic E-state index is 0.223. The maximum Gasteiger partial charge on any atom is 0.310 e. The SMILES string of the molecule is CCOC(=O)Cc1ccc(N(Cc2ccc(Sc3nnc(Cc4ccsc4)n3C)cc2)OCCc2ccccc2)cc1. The van der Waals surface area contributed by atoms with E-state index < -0.39 is 0 Å². The minimum atomic E-state index is -0.223. The third-order valence-electron chi connectivity index (χ3n) is 6.68. The Labute approximate surface area is 255 Å². The van der Waals surface area contributed by atoms with Crippen molar-refractivity contribution < 1.29 is 14.4 Å². The quantitative estimate of drug-likeness (QED) is 0.102. The molecule has 0 saturated carbocycles. The summed E-state index contributed by atoms with van der Waals surface area (Å²) in [5, 5.41) is 15.8. The van der Waals surface area contributed by atoms with Crippen LogP contribution in [0.3, 0.4) is 0 Å². The molecule has 0 unspecified atom stereocenters. The smallest absolute Gasteiger partial charge is 0.310 e. The van der Waals surface area contributed by atoms with Crippen molar-refractivity contribution in [3.05, 3.63) is 124 Å². The first-order valence-corrected chi connectivity index (χ1v) is 15.7. The van der Waals surface area contributed by atoms with E-state index in [1.807, 2.05) is 61.5 Å². The first-order valence-electron chi connectivity index (χ1n) is 13.9. The van der Waals surface area contributed by atoms with Gasteiger partial charge in [-0.1, -0.05) is 54.6 Å². The number of rotatable bonds is 14. The van der Waals surface area contributed by atoms with Crippen LogP contribution in [0.1, 0.15) is 35.0 Å². The molecule has 0 aliphatic rings. The summed E-state index contributed by atoms with van der Waals surface area (Å²) < 4.78 is 7.15. The predicted molar refractivity (Wildman–Crippen MR) is 168 cm³/mol. The molecule has 0 amide bonds. The molecule has 9 heteroatoms. The Balaban J connectivity index is 1.24. The number of benzene rings is 3. The Morgan fingerprint density at radius 3 is 2.38 bits per heavy atom. The largest absolute Gasteiger partial charge is 0.466 e. The molecule has 5 rings (SSSR count). The number of anilines is 1. The second kappa shape index (κ2) is 14.8. The van der Waals surface area contributed by atoms with Gasteiger partial charge in [0, 0.05) is 18.4 Å². The number of aromatic nitrogens is 3. The lowest BCUT2D eigenvalue weighted by atomic mass is 10.1. The summed E-state index contributed by atoms with van der Waals surface area (Å²) in [6.07, 6.45) is 1.83. The number of thiophene rings is 1. The Bertz CT molecular complexity index is 1540. The van der Waals surface area contributed by atoms with E-state index in [1.165, 1.54) is 11.1 Å². The molecule has 0 radical (unpaired) electrons. The average Bonchev–Trinajstić information content (AvgIpc) is 3.65. The summed E-state index contributed by atoms with van der Waals surface area (Å²) in [5.41, 5.74) is 5.42. The van der Waals surface area contributed by atoms with Gasteiger partial charge in [-0.15, -0.1) is 10.2 Å². The molecular weight excluding hydrogens is 565 g/mol. The van der Waals surface area contributed by atoms with Gasteiger partial charge in [0.1, 0.15) is 5.82 Å². The number of carbonyl (C=O) groups excluding carboxylic acids is 1. The second-order valence-corrected chi connectivity index (χ2v) is 11.6. The van der Waals surface area contributed by atoms with E-state index in [4.69, 9.17) is 9.57 Å². The van der Waals surface area contributed by atoms with Crippen LogP contribution in [-0.4, -0.2) is 33.9 Å². The Hall–Kier alpha value is -3.92. The van der Waals surface area contributed by atoms with Crippen LogP contribution in [0.2, 0.25) is 0 Å². The molecule has 216 valence electrons. The van der Waals surface area contributed by atoms with E-state index in [-0.39, 0.29) is 12.4 Å². The van der Waals surface area contributed by atoms with Crippen LogP contribution in [0.4, 0.5) is 5.69 Å². The Morgan fingerprint density at radius 1 is 0.905 bits per heavy atom. The number of hydrogen-bond donors (Lipinski definition) is 0. The van der Waals surface area contributed by atoms with Crippen molar-refractivity contribution in [1.29, 1.82) is 0 Å². The zero-order valence-corrected chi connectivity index (χ0v) is 25.4. The zero-order valence-electron chi connectivity index (χ0n) is 23.8. The lowest BCUT2D eigenvalue weighted by Crippen LogP contribution is -2.24. The molecule has 0 N–H and O–H groups in total. The van der Waals surface area contributed by atoms with Crippen molar-refractivity contribution in [3.63, 3.8) is 0 Å². The lowest BCUT2D eigenvalue weighted by Gasteiger charge is -2.24. The van der Waals surface area contributed by atoms with E-state index in [9.17, 15) is 4.79 Å². The highest BCUT2D eigenvalue weighted by atomic mass is 32.2. The molecule has 7 nitrogen and oxygen atoms in total. The number of nitrogens with zero attached hydrogens (tertiary/aromatic N) is 4. The first-order chi connectivity index (χ1) is 20.6. The van der Waals surface area contributed by atoms with Gasteiger partial charge in [0.15, 0.2) is 5.16 Å². The van der Waals surface area contributed by atoms with Gasteiger partial charge in [-0.25, -0.2) is 5.06 Å². The molecule has 0 saturated heterocycles. The van der Waals surface area contributed by atoms with E-state index in [0.29, 0.717) is 19.8 Å². The van der Waals surface area contributed by atoms with Gasteiger partial charge in [0.25, 0.3) is 0 Å². The fourth-order valence-electron chi connectivity index (χ4n) is 4.39. The minimum Gasteiger partial charge on any atom is -0.466 e. The van der Waals surface area contributed by atoms with Gasteiger partial charge in [-0.05, 0) is 88.5 Å². The normalized spacial score (nSPS) is 11.0. The van der Waals surface area contributed by atoms with Crippen LogP contribution in [-0.2, 0) is 47.2 Å². The van der Waals surface area contributed by atoms with E-state index in [2.05, 4.69) is 68.0 Å². The monoisotopic (exact) mass is 598 g/mol. The van der Waals surface area contributed by atoms with Crippen molar-refractivity contribution in [2.45, 2.75) is 42.8 Å². The van der Waals surface area contributed by atoms with Gasteiger partial charge >= 0.3 is 5.97 Å². The van der Waals surface area contributed by atoms with Crippen molar-refractivity contribution >= 4 is 34.8 Å². The molecule has 0 aliphatic heterocycles. The van der Waals surface area contributed by atoms with Crippen LogP contribution in [0.5, 0.6) is 0 Å². The number of hydroxylamine groups is 1. The van der Waals surface area contributed by atoms with Gasteiger partial charge in [0.2, 0.25) is 0 Å². The fourth-order valence-corrected chi connectivity index (χ4v) is 5.86. The van der Waals surface area contributed by atoms with E-state index in [1.54, 1.807) is 23.1 Å². The third-order valence-corrected chi connectivity index (χ3v) is 8.46. The first kappa shape index (κ1) is 29.6. The number of carbonyl (C=O) groups is 1. The molecule has 0 atom stereocenters. The summed E-state index contributed by atoms with van der Waals surface area (Å²) in [7, 11) is 2.01. The summed E-state index contributed by atoms with van der Waals surface area (Å²) in [6.45, 7) is 3.32. The van der Waals surface area contributed by atoms with E-state index in [0.717, 1.165) is 45.5 Å². The van der Waals surface area contributed by atoms with Crippen molar-refractivity contribution in [2.24, 2.45) is 7.05 Å². The summed E-state index contributed by atoms with van der Waals surface area (Å²) >= 11 is 3.30. The molecule has 5 aromatic rings. The second-order valence-electron chi connectivity index (χ2n) is 9.77. The van der Waals surface area contributed by atoms with Crippen LogP contribution in [0, 0.1) is 0 Å². The molecule has 0 fully saturated rings. The highest BCUT2D eigenvalue weighted by Crippen LogP contribution is 2.28. The molecule has 42 heavy (non-hydrogen) atoms. The molecule has 0 spiro atoms. The predicted octanol–water partition coefficient (Wildman–Crippen LogP) is 6.91. The average molecular weight is 599 g/mol. The van der Waals surface area contributed by atoms with Crippen LogP contribution >= 0.6 is 23.1 Å². The van der Waals surface area contributed by atoms with Crippen LogP contribution in [0.25, 0.3) is 0 Å². The molecule has 0 aliphatic carbocycles. The molecule has 0 bridgehead atoms. The van der Waals surface area contributed by atoms with Gasteiger partial charge in [0.05, 0.1) is 31.9 Å². The summed E-state index contributed by atoms with van der Waals surface area (Å²) in [5.74, 6) is 0.725. The van der Waals surface area contributed by atoms with Crippen molar-refractivity contribution in [3.8, 4) is 0 Å². The highest BCUT2D eigenvalue weighted by Gasteiger charge is 2.13. The highest BCUT2D eigenvalue weighted by molar-refractivity contribution is 7.99. The summed E-state index contributed by atoms with van der Waals surface area (Å²) in [4.78, 5) is 19.3. The standard InChI is InChI=1S/C33H34N4O3S2/c1-3-39-32(38)22-26-9-13-29(14-10-26)37(40-19-17-25-7-5-4-6-8-25)23-27-11-15-30(16-12-27)42-33-35-34-31(36(33)2)21-28-18-20-41-24-28/h4-16,18,20,24H,3,17,19,21-23H2,1-2H3. The van der Waals surface area contributed by atoms with Crippen molar-refractivity contribution in [2.75, 3.05) is 18.3 Å². The third kappa shape index (κ3) is 8.31. The Kier molecular flexibility index (Phi) is 10.4. The molecular formula is C33H34N4O3S2. The van der Waals surface area contributed by atoms with E-state index >= 15 is 0 Å². The van der Waals surface area contributed by atoms with Crippen LogP contribution < -0.4 is 5.06 Å².